The molecule has 3 nitrogen and oxygen atoms in total. The van der Waals surface area contributed by atoms with E-state index in [1.807, 2.05) is 55.5 Å². The normalized spacial score (nSPS) is 13.3. The number of thioether (sulfide) groups is 1. The molecule has 0 heterocycles. The fourth-order valence-electron chi connectivity index (χ4n) is 2.85. The standard InChI is InChI=1S/C22H28ClNO2S/c1-5-21(27-19-12-8-17(23)9-13-19)22(25)24-20(14-15(2)3)16-6-10-18(26-4)11-7-16/h6-13,15,20-21H,5,14H2,1-4H3,(H,24,25)/t20-,21-/m0/s1. The molecule has 2 rings (SSSR count). The summed E-state index contributed by atoms with van der Waals surface area (Å²) >= 11 is 7.53. The average molecular weight is 406 g/mol. The molecule has 27 heavy (non-hydrogen) atoms. The summed E-state index contributed by atoms with van der Waals surface area (Å²) in [5, 5.41) is 3.82. The minimum Gasteiger partial charge on any atom is -0.497 e. The maximum absolute atomic E-state index is 13.0. The van der Waals surface area contributed by atoms with Gasteiger partial charge in [-0.3, -0.25) is 4.79 Å². The fourth-order valence-corrected chi connectivity index (χ4v) is 3.94. The average Bonchev–Trinajstić information content (AvgIpc) is 2.66. The maximum atomic E-state index is 13.0. The van der Waals surface area contributed by atoms with Crippen molar-refractivity contribution in [1.29, 1.82) is 0 Å². The van der Waals surface area contributed by atoms with Crippen molar-refractivity contribution in [3.05, 3.63) is 59.1 Å². The zero-order chi connectivity index (χ0) is 19.8. The number of rotatable bonds is 9. The number of hydrogen-bond acceptors (Lipinski definition) is 3. The van der Waals surface area contributed by atoms with E-state index in [4.69, 9.17) is 16.3 Å². The van der Waals surface area contributed by atoms with E-state index >= 15 is 0 Å². The highest BCUT2D eigenvalue weighted by Gasteiger charge is 2.23. The Bertz CT molecular complexity index is 716. The van der Waals surface area contributed by atoms with E-state index in [0.717, 1.165) is 29.1 Å². The van der Waals surface area contributed by atoms with Crippen molar-refractivity contribution in [2.75, 3.05) is 7.11 Å². The van der Waals surface area contributed by atoms with Gasteiger partial charge in [0.15, 0.2) is 0 Å². The lowest BCUT2D eigenvalue weighted by molar-refractivity contribution is -0.121. The van der Waals surface area contributed by atoms with Gasteiger partial charge in [-0.25, -0.2) is 0 Å². The molecule has 0 radical (unpaired) electrons. The van der Waals surface area contributed by atoms with E-state index in [0.29, 0.717) is 10.9 Å². The maximum Gasteiger partial charge on any atom is 0.233 e. The molecule has 0 aliphatic rings. The minimum atomic E-state index is -0.140. The van der Waals surface area contributed by atoms with Gasteiger partial charge >= 0.3 is 0 Å². The van der Waals surface area contributed by atoms with Gasteiger partial charge in [-0.05, 0) is 60.7 Å². The number of hydrogen-bond donors (Lipinski definition) is 1. The van der Waals surface area contributed by atoms with Crippen LogP contribution in [-0.2, 0) is 4.79 Å². The second-order valence-corrected chi connectivity index (χ2v) is 8.65. The van der Waals surface area contributed by atoms with Gasteiger partial charge in [0.05, 0.1) is 18.4 Å². The van der Waals surface area contributed by atoms with Gasteiger partial charge < -0.3 is 10.1 Å². The first kappa shape index (κ1) is 21.6. The van der Waals surface area contributed by atoms with Gasteiger partial charge in [0.1, 0.15) is 5.75 Å². The summed E-state index contributed by atoms with van der Waals surface area (Å²) in [6, 6.07) is 15.5. The molecule has 0 bridgehead atoms. The first-order chi connectivity index (χ1) is 12.9. The molecule has 0 spiro atoms. The number of benzene rings is 2. The molecule has 0 aliphatic carbocycles. The van der Waals surface area contributed by atoms with E-state index in [-0.39, 0.29) is 17.2 Å². The lowest BCUT2D eigenvalue weighted by atomic mass is 9.96. The Kier molecular flexibility index (Phi) is 8.52. The molecule has 1 N–H and O–H groups in total. The quantitative estimate of drug-likeness (QED) is 0.510. The number of nitrogens with one attached hydrogen (secondary N) is 1. The van der Waals surface area contributed by atoms with Gasteiger partial charge in [-0.1, -0.05) is 44.5 Å². The third-order valence-electron chi connectivity index (χ3n) is 4.30. The topological polar surface area (TPSA) is 38.3 Å². The van der Waals surface area contributed by atoms with Crippen molar-refractivity contribution < 1.29 is 9.53 Å². The van der Waals surface area contributed by atoms with Crippen LogP contribution in [0.1, 0.15) is 45.2 Å². The Morgan fingerprint density at radius 1 is 1.11 bits per heavy atom. The predicted octanol–water partition coefficient (Wildman–Crippen LogP) is 6.12. The minimum absolute atomic E-state index is 0.0109. The van der Waals surface area contributed by atoms with Crippen LogP contribution in [-0.4, -0.2) is 18.3 Å². The van der Waals surface area contributed by atoms with Gasteiger partial charge in [-0.2, -0.15) is 0 Å². The summed E-state index contributed by atoms with van der Waals surface area (Å²) in [5.41, 5.74) is 1.10. The lowest BCUT2D eigenvalue weighted by Gasteiger charge is -2.24. The zero-order valence-electron chi connectivity index (χ0n) is 16.4. The highest BCUT2D eigenvalue weighted by Crippen LogP contribution is 2.29. The zero-order valence-corrected chi connectivity index (χ0v) is 17.9. The summed E-state index contributed by atoms with van der Waals surface area (Å²) in [7, 11) is 1.65. The molecule has 2 atom stereocenters. The largest absolute Gasteiger partial charge is 0.497 e. The lowest BCUT2D eigenvalue weighted by Crippen LogP contribution is -2.36. The molecular weight excluding hydrogens is 378 g/mol. The summed E-state index contributed by atoms with van der Waals surface area (Å²) in [5.74, 6) is 1.36. The van der Waals surface area contributed by atoms with Crippen molar-refractivity contribution in [3.63, 3.8) is 0 Å². The monoisotopic (exact) mass is 405 g/mol. The number of carbonyl (C=O) groups is 1. The molecular formula is C22H28ClNO2S. The number of ether oxygens (including phenoxy) is 1. The van der Waals surface area contributed by atoms with Crippen LogP contribution >= 0.6 is 23.4 Å². The summed E-state index contributed by atoms with van der Waals surface area (Å²) in [4.78, 5) is 14.0. The van der Waals surface area contributed by atoms with Crippen molar-refractivity contribution in [2.45, 2.75) is 49.8 Å². The van der Waals surface area contributed by atoms with Crippen LogP contribution in [0.25, 0.3) is 0 Å². The number of halogens is 1. The molecule has 0 aliphatic heterocycles. The van der Waals surface area contributed by atoms with Gasteiger partial charge in [0.2, 0.25) is 5.91 Å². The van der Waals surface area contributed by atoms with E-state index in [1.54, 1.807) is 18.9 Å². The molecule has 5 heteroatoms. The Labute approximate surface area is 171 Å². The van der Waals surface area contributed by atoms with Gasteiger partial charge in [-0.15, -0.1) is 11.8 Å². The number of carbonyl (C=O) groups excluding carboxylic acids is 1. The Morgan fingerprint density at radius 3 is 2.26 bits per heavy atom. The van der Waals surface area contributed by atoms with Crippen LogP contribution < -0.4 is 10.1 Å². The third-order valence-corrected chi connectivity index (χ3v) is 5.93. The highest BCUT2D eigenvalue weighted by molar-refractivity contribution is 8.00. The molecule has 1 amide bonds. The molecule has 0 saturated heterocycles. The van der Waals surface area contributed by atoms with E-state index in [1.165, 1.54) is 0 Å². The van der Waals surface area contributed by atoms with Crippen LogP contribution in [0, 0.1) is 5.92 Å². The molecule has 0 aromatic heterocycles. The van der Waals surface area contributed by atoms with Crippen LogP contribution in [0.15, 0.2) is 53.4 Å². The second kappa shape index (κ2) is 10.6. The van der Waals surface area contributed by atoms with Crippen molar-refractivity contribution in [1.82, 2.24) is 5.32 Å². The summed E-state index contributed by atoms with van der Waals surface area (Å²) in [6.45, 7) is 6.38. The van der Waals surface area contributed by atoms with Crippen LogP contribution in [0.5, 0.6) is 5.75 Å². The van der Waals surface area contributed by atoms with Crippen molar-refractivity contribution >= 4 is 29.3 Å². The fraction of sp³-hybridized carbons (Fsp3) is 0.409. The first-order valence-electron chi connectivity index (χ1n) is 9.29. The smallest absolute Gasteiger partial charge is 0.233 e. The van der Waals surface area contributed by atoms with Crippen molar-refractivity contribution in [3.8, 4) is 5.75 Å². The van der Waals surface area contributed by atoms with Gasteiger partial charge in [0.25, 0.3) is 0 Å². The van der Waals surface area contributed by atoms with Crippen LogP contribution in [0.4, 0.5) is 0 Å². The van der Waals surface area contributed by atoms with Crippen LogP contribution in [0.3, 0.4) is 0 Å². The Hall–Kier alpha value is -1.65. The molecule has 2 aromatic rings. The van der Waals surface area contributed by atoms with E-state index < -0.39 is 0 Å². The number of amides is 1. The summed E-state index contributed by atoms with van der Waals surface area (Å²) < 4.78 is 5.24. The Morgan fingerprint density at radius 2 is 1.74 bits per heavy atom. The molecule has 2 aromatic carbocycles. The SMILES string of the molecule is CC[C@H](Sc1ccc(Cl)cc1)C(=O)N[C@@H](CC(C)C)c1ccc(OC)cc1. The molecule has 0 unspecified atom stereocenters. The number of methoxy groups -OCH3 is 1. The summed E-state index contributed by atoms with van der Waals surface area (Å²) in [6.07, 6.45) is 1.65. The van der Waals surface area contributed by atoms with Crippen LogP contribution in [0.2, 0.25) is 5.02 Å². The predicted molar refractivity (Wildman–Crippen MR) is 115 cm³/mol. The van der Waals surface area contributed by atoms with Gasteiger partial charge in [0, 0.05) is 9.92 Å². The molecule has 146 valence electrons. The second-order valence-electron chi connectivity index (χ2n) is 6.93. The van der Waals surface area contributed by atoms with E-state index in [2.05, 4.69) is 19.2 Å². The Balaban J connectivity index is 2.10. The third kappa shape index (κ3) is 6.78. The van der Waals surface area contributed by atoms with Crippen molar-refractivity contribution in [2.24, 2.45) is 5.92 Å². The highest BCUT2D eigenvalue weighted by atomic mass is 35.5. The first-order valence-corrected chi connectivity index (χ1v) is 10.5. The van der Waals surface area contributed by atoms with E-state index in [9.17, 15) is 4.79 Å². The molecule has 0 saturated carbocycles. The molecule has 0 fully saturated rings.